The molecule has 2 saturated heterocycles. The Labute approximate surface area is 110 Å². The standard InChI is InChI=1S/C12H20F3N3O/c1-11(16,12(13,14)15)10(19)18-7-3-6-17-5-2-4-9(17)8-18/h9H,2-8,16H2,1H3. The third-order valence-corrected chi connectivity index (χ3v) is 4.12. The fourth-order valence-electron chi connectivity index (χ4n) is 2.84. The molecule has 19 heavy (non-hydrogen) atoms. The number of fused-ring (bicyclic) bond motifs is 1. The second-order valence-electron chi connectivity index (χ2n) is 5.64. The molecular formula is C12H20F3N3O. The number of nitrogens with two attached hydrogens (primary N) is 1. The van der Waals surface area contributed by atoms with Gasteiger partial charge < -0.3 is 10.6 Å². The van der Waals surface area contributed by atoms with Crippen LogP contribution in [0.4, 0.5) is 13.2 Å². The van der Waals surface area contributed by atoms with Gasteiger partial charge in [-0.2, -0.15) is 13.2 Å². The SMILES string of the molecule is CC(N)(C(=O)N1CCCN2CCCC2C1)C(F)(F)F. The molecule has 0 aromatic carbocycles. The molecule has 0 aliphatic carbocycles. The largest absolute Gasteiger partial charge is 0.415 e. The minimum Gasteiger partial charge on any atom is -0.339 e. The van der Waals surface area contributed by atoms with E-state index in [1.807, 2.05) is 0 Å². The highest BCUT2D eigenvalue weighted by Crippen LogP contribution is 2.31. The van der Waals surface area contributed by atoms with E-state index in [1.165, 1.54) is 4.90 Å². The quantitative estimate of drug-likeness (QED) is 0.778. The van der Waals surface area contributed by atoms with E-state index in [2.05, 4.69) is 4.90 Å². The van der Waals surface area contributed by atoms with Crippen LogP contribution in [0.15, 0.2) is 0 Å². The molecule has 0 radical (unpaired) electrons. The van der Waals surface area contributed by atoms with E-state index >= 15 is 0 Å². The third kappa shape index (κ3) is 2.72. The zero-order valence-electron chi connectivity index (χ0n) is 11.0. The second-order valence-corrected chi connectivity index (χ2v) is 5.64. The summed E-state index contributed by atoms with van der Waals surface area (Å²) < 4.78 is 38.5. The number of hydrogen-bond donors (Lipinski definition) is 1. The highest BCUT2D eigenvalue weighted by atomic mass is 19.4. The summed E-state index contributed by atoms with van der Waals surface area (Å²) in [6.45, 7) is 3.30. The van der Waals surface area contributed by atoms with Gasteiger partial charge in [-0.25, -0.2) is 0 Å². The Morgan fingerprint density at radius 3 is 2.47 bits per heavy atom. The van der Waals surface area contributed by atoms with Gasteiger partial charge in [-0.3, -0.25) is 9.69 Å². The Morgan fingerprint density at radius 1 is 1.21 bits per heavy atom. The molecule has 2 fully saturated rings. The number of halogens is 3. The maximum absolute atomic E-state index is 12.8. The predicted octanol–water partition coefficient (Wildman–Crippen LogP) is 0.963. The van der Waals surface area contributed by atoms with Crippen molar-refractivity contribution < 1.29 is 18.0 Å². The molecule has 2 unspecified atom stereocenters. The topological polar surface area (TPSA) is 49.6 Å². The molecule has 0 aromatic heterocycles. The van der Waals surface area contributed by atoms with E-state index in [-0.39, 0.29) is 6.04 Å². The van der Waals surface area contributed by atoms with Gasteiger partial charge in [0.25, 0.3) is 5.91 Å². The first-order valence-electron chi connectivity index (χ1n) is 6.62. The van der Waals surface area contributed by atoms with Crippen LogP contribution in [0, 0.1) is 0 Å². The van der Waals surface area contributed by atoms with Crippen molar-refractivity contribution in [1.29, 1.82) is 0 Å². The molecule has 2 rings (SSSR count). The first kappa shape index (κ1) is 14.6. The lowest BCUT2D eigenvalue weighted by atomic mass is 10.0. The van der Waals surface area contributed by atoms with Crippen LogP contribution in [0.25, 0.3) is 0 Å². The van der Waals surface area contributed by atoms with Crippen LogP contribution in [0.1, 0.15) is 26.2 Å². The van der Waals surface area contributed by atoms with Crippen molar-refractivity contribution in [3.05, 3.63) is 0 Å². The molecular weight excluding hydrogens is 259 g/mol. The Balaban J connectivity index is 2.10. The fraction of sp³-hybridized carbons (Fsp3) is 0.917. The molecule has 0 bridgehead atoms. The van der Waals surface area contributed by atoms with Crippen molar-refractivity contribution in [1.82, 2.24) is 9.80 Å². The summed E-state index contributed by atoms with van der Waals surface area (Å²) in [5.74, 6) is -1.01. The number of rotatable bonds is 1. The second kappa shape index (κ2) is 4.94. The van der Waals surface area contributed by atoms with Crippen LogP contribution in [0.2, 0.25) is 0 Å². The summed E-state index contributed by atoms with van der Waals surface area (Å²) in [6, 6.07) is 0.190. The number of carbonyl (C=O) groups excluding carboxylic acids is 1. The van der Waals surface area contributed by atoms with E-state index in [0.717, 1.165) is 32.9 Å². The van der Waals surface area contributed by atoms with Gasteiger partial charge in [0.05, 0.1) is 0 Å². The maximum Gasteiger partial charge on any atom is 0.415 e. The molecule has 4 nitrogen and oxygen atoms in total. The smallest absolute Gasteiger partial charge is 0.339 e. The van der Waals surface area contributed by atoms with Gasteiger partial charge in [0.15, 0.2) is 5.54 Å². The molecule has 2 aliphatic heterocycles. The molecule has 110 valence electrons. The third-order valence-electron chi connectivity index (χ3n) is 4.12. The number of amides is 1. The summed E-state index contributed by atoms with van der Waals surface area (Å²) in [6.07, 6.45) is -2.02. The summed E-state index contributed by atoms with van der Waals surface area (Å²) in [5, 5.41) is 0. The first-order chi connectivity index (χ1) is 8.73. The van der Waals surface area contributed by atoms with Crippen LogP contribution >= 0.6 is 0 Å². The van der Waals surface area contributed by atoms with E-state index in [1.54, 1.807) is 0 Å². The normalized spacial score (nSPS) is 28.7. The zero-order chi connectivity index (χ0) is 14.3. The van der Waals surface area contributed by atoms with Crippen molar-refractivity contribution >= 4 is 5.91 Å². The molecule has 1 amide bonds. The van der Waals surface area contributed by atoms with Crippen molar-refractivity contribution in [3.8, 4) is 0 Å². The van der Waals surface area contributed by atoms with Crippen LogP contribution in [0.5, 0.6) is 0 Å². The minimum absolute atomic E-state index is 0.190. The fourth-order valence-corrected chi connectivity index (χ4v) is 2.84. The molecule has 2 aliphatic rings. The average molecular weight is 279 g/mol. The van der Waals surface area contributed by atoms with Crippen LogP contribution in [0.3, 0.4) is 0 Å². The molecule has 0 aromatic rings. The minimum atomic E-state index is -4.72. The lowest BCUT2D eigenvalue weighted by molar-refractivity contribution is -0.193. The molecule has 0 spiro atoms. The van der Waals surface area contributed by atoms with Gasteiger partial charge in [-0.05, 0) is 32.7 Å². The summed E-state index contributed by atoms with van der Waals surface area (Å²) in [5.41, 5.74) is 2.44. The number of nitrogens with zero attached hydrogens (tertiary/aromatic N) is 2. The van der Waals surface area contributed by atoms with E-state index < -0.39 is 17.6 Å². The van der Waals surface area contributed by atoms with Crippen molar-refractivity contribution in [2.45, 2.75) is 43.9 Å². The van der Waals surface area contributed by atoms with Crippen molar-refractivity contribution in [2.24, 2.45) is 5.73 Å². The first-order valence-corrected chi connectivity index (χ1v) is 6.62. The number of alkyl halides is 3. The summed E-state index contributed by atoms with van der Waals surface area (Å²) in [7, 11) is 0. The van der Waals surface area contributed by atoms with Crippen LogP contribution < -0.4 is 5.73 Å². The Hall–Kier alpha value is -0.820. The van der Waals surface area contributed by atoms with E-state index in [4.69, 9.17) is 5.73 Å². The molecule has 2 N–H and O–H groups in total. The Morgan fingerprint density at radius 2 is 1.84 bits per heavy atom. The van der Waals surface area contributed by atoms with Gasteiger partial charge >= 0.3 is 6.18 Å². The molecule has 2 atom stereocenters. The van der Waals surface area contributed by atoms with Crippen LogP contribution in [-0.4, -0.2) is 59.6 Å². The van der Waals surface area contributed by atoms with Crippen molar-refractivity contribution in [3.63, 3.8) is 0 Å². The van der Waals surface area contributed by atoms with Gasteiger partial charge in [-0.1, -0.05) is 0 Å². The van der Waals surface area contributed by atoms with Crippen LogP contribution in [-0.2, 0) is 4.79 Å². The maximum atomic E-state index is 12.8. The van der Waals surface area contributed by atoms with Gasteiger partial charge in [0.1, 0.15) is 0 Å². The van der Waals surface area contributed by atoms with Crippen molar-refractivity contribution in [2.75, 3.05) is 26.2 Å². The molecule has 0 saturated carbocycles. The lowest BCUT2D eigenvalue weighted by Crippen LogP contribution is -2.62. The number of hydrogen-bond acceptors (Lipinski definition) is 3. The van der Waals surface area contributed by atoms with E-state index in [9.17, 15) is 18.0 Å². The average Bonchev–Trinajstić information content (AvgIpc) is 2.64. The highest BCUT2D eigenvalue weighted by molar-refractivity contribution is 5.86. The lowest BCUT2D eigenvalue weighted by Gasteiger charge is -2.33. The Bertz CT molecular complexity index is 357. The number of carbonyl (C=O) groups is 1. The monoisotopic (exact) mass is 279 g/mol. The highest BCUT2D eigenvalue weighted by Gasteiger charge is 2.55. The van der Waals surface area contributed by atoms with Gasteiger partial charge in [-0.15, -0.1) is 0 Å². The molecule has 7 heteroatoms. The van der Waals surface area contributed by atoms with E-state index in [0.29, 0.717) is 19.5 Å². The molecule has 2 heterocycles. The zero-order valence-corrected chi connectivity index (χ0v) is 11.0. The summed E-state index contributed by atoms with van der Waals surface area (Å²) >= 11 is 0. The predicted molar refractivity (Wildman–Crippen MR) is 64.4 cm³/mol. The Kier molecular flexibility index (Phi) is 3.79. The van der Waals surface area contributed by atoms with Gasteiger partial charge in [0, 0.05) is 25.7 Å². The summed E-state index contributed by atoms with van der Waals surface area (Å²) in [4.78, 5) is 15.6. The van der Waals surface area contributed by atoms with Gasteiger partial charge in [0.2, 0.25) is 0 Å².